The first-order valence-electron chi connectivity index (χ1n) is 24.4. The molecule has 0 radical (unpaired) electrons. The Balaban J connectivity index is 1.11. The van der Waals surface area contributed by atoms with E-state index in [0.29, 0.717) is 32.1 Å². The fourth-order valence-corrected chi connectivity index (χ4v) is 10.2. The van der Waals surface area contributed by atoms with Crippen LogP contribution in [0.5, 0.6) is 23.0 Å². The topological polar surface area (TPSA) is 227 Å². The van der Waals surface area contributed by atoms with Crippen LogP contribution in [0.15, 0.2) is 108 Å². The molecule has 4 atom stereocenters. The Bertz CT molecular complexity index is 2600. The molecule has 23 heteroatoms. The highest BCUT2D eigenvalue weighted by atomic mass is 33.1. The molecule has 0 bridgehead atoms. The zero-order chi connectivity index (χ0) is 54.6. The molecule has 3 saturated heterocycles. The molecule has 3 aromatic rings. The molecule has 3 aliphatic heterocycles. The van der Waals surface area contributed by atoms with Crippen molar-refractivity contribution >= 4 is 69.3 Å². The number of anilines is 2. The Kier molecular flexibility index (Phi) is 22.1. The average Bonchev–Trinajstić information content (AvgIpc) is 4.18. The zero-order valence-electron chi connectivity index (χ0n) is 43.2. The number of likely N-dealkylation sites (tertiary alicyclic amines) is 2. The molecule has 2 aromatic carbocycles. The number of hydrogen-bond acceptors (Lipinski definition) is 18. The number of methoxy groups -OCH3 is 2. The van der Waals surface area contributed by atoms with Gasteiger partial charge >= 0.3 is 18.3 Å². The normalized spacial score (nSPS) is 17.5. The van der Waals surface area contributed by atoms with Crippen LogP contribution in [-0.4, -0.2) is 160 Å². The van der Waals surface area contributed by atoms with E-state index in [1.807, 2.05) is 25.1 Å². The lowest BCUT2D eigenvalue weighted by molar-refractivity contribution is -0.0194. The summed E-state index contributed by atoms with van der Waals surface area (Å²) in [5.41, 5.74) is 2.01. The van der Waals surface area contributed by atoms with Gasteiger partial charge in [0.15, 0.2) is 29.2 Å². The highest BCUT2D eigenvalue weighted by molar-refractivity contribution is 8.76. The molecular weight excluding hydrogens is 1020 g/mol. The van der Waals surface area contributed by atoms with E-state index in [2.05, 4.69) is 47.1 Å². The molecule has 2 N–H and O–H groups in total. The van der Waals surface area contributed by atoms with Crippen molar-refractivity contribution < 1.29 is 66.7 Å². The van der Waals surface area contributed by atoms with Gasteiger partial charge < -0.3 is 52.5 Å². The summed E-state index contributed by atoms with van der Waals surface area (Å²) in [6.07, 6.45) is 5.70. The monoisotopic (exact) mass is 1090 g/mol. The molecule has 6 rings (SSSR count). The van der Waals surface area contributed by atoms with Gasteiger partial charge in [0.2, 0.25) is 0 Å². The number of rotatable bonds is 26. The number of carbonyl (C=O) groups is 5. The molecule has 21 nitrogen and oxygen atoms in total. The second kappa shape index (κ2) is 29.1. The van der Waals surface area contributed by atoms with Crippen LogP contribution in [0.4, 0.5) is 25.8 Å². The number of oxime groups is 1. The molecule has 0 spiro atoms. The Morgan fingerprint density at radius 3 is 2.00 bits per heavy atom. The maximum Gasteiger partial charge on any atom is 0.412 e. The van der Waals surface area contributed by atoms with Gasteiger partial charge in [0, 0.05) is 36.7 Å². The summed E-state index contributed by atoms with van der Waals surface area (Å²) in [6, 6.07) is 10.6. The minimum atomic E-state index is -0.834. The first-order valence-corrected chi connectivity index (χ1v) is 26.6. The molecule has 3 aliphatic rings. The van der Waals surface area contributed by atoms with Crippen LogP contribution in [0.25, 0.3) is 0 Å². The van der Waals surface area contributed by atoms with Crippen molar-refractivity contribution in [2.24, 2.45) is 5.16 Å². The minimum absolute atomic E-state index is 0.0121. The molecule has 3 fully saturated rings. The predicted molar refractivity (Wildman–Crippen MR) is 289 cm³/mol. The van der Waals surface area contributed by atoms with Crippen LogP contribution in [0, 0.1) is 0 Å². The second-order valence-corrected chi connectivity index (χ2v) is 20.1. The number of hydrogen-bond donors (Lipinski definition) is 2. The molecule has 76 heavy (non-hydrogen) atoms. The molecule has 0 aliphatic carbocycles. The van der Waals surface area contributed by atoms with E-state index in [1.54, 1.807) is 16.0 Å². The van der Waals surface area contributed by atoms with E-state index in [-0.39, 0.29) is 110 Å². The number of pyridine rings is 1. The predicted octanol–water partition coefficient (Wildman–Crippen LogP) is 8.99. The van der Waals surface area contributed by atoms with E-state index in [1.165, 1.54) is 90.4 Å². The van der Waals surface area contributed by atoms with Gasteiger partial charge in [-0.3, -0.25) is 25.1 Å². The Labute approximate surface area is 450 Å². The molecule has 2 unspecified atom stereocenters. The fraction of sp³-hybridized carbons (Fsp3) is 0.415. The Morgan fingerprint density at radius 1 is 0.789 bits per heavy atom. The fourth-order valence-electron chi connectivity index (χ4n) is 8.29. The third-order valence-electron chi connectivity index (χ3n) is 11.8. The van der Waals surface area contributed by atoms with Crippen LogP contribution in [0.3, 0.4) is 0 Å². The van der Waals surface area contributed by atoms with Crippen molar-refractivity contribution in [1.82, 2.24) is 19.7 Å². The molecular formula is C53H65N7O14S2. The van der Waals surface area contributed by atoms with Crippen LogP contribution in [0.2, 0.25) is 0 Å². The lowest BCUT2D eigenvalue weighted by Gasteiger charge is -2.33. The van der Waals surface area contributed by atoms with Gasteiger partial charge in [-0.15, -0.1) is 0 Å². The van der Waals surface area contributed by atoms with Crippen molar-refractivity contribution in [3.63, 3.8) is 0 Å². The SMILES string of the molecule is C=CCOC(=O)Nc1cc(OCCCCCOc2cc(NC(=O)OCC(C)SSc3ccccn3)c(C(=O)N3CC(=C)C[C@H]3/C=N/OC)cc2OC)c(OC)cc1C(=O)N1CC(=C)C[C@H]1C1OCCN1C(=O)OCC=C. The number of ether oxygens (including phenoxy) is 8. The average molecular weight is 1090 g/mol. The summed E-state index contributed by atoms with van der Waals surface area (Å²) < 4.78 is 45.9. The van der Waals surface area contributed by atoms with E-state index < -0.39 is 48.4 Å². The number of aromatic nitrogens is 1. The summed E-state index contributed by atoms with van der Waals surface area (Å²) >= 11 is 0. The van der Waals surface area contributed by atoms with Gasteiger partial charge in [-0.05, 0) is 74.1 Å². The lowest BCUT2D eigenvalue weighted by atomic mass is 10.1. The van der Waals surface area contributed by atoms with E-state index in [4.69, 9.17) is 42.7 Å². The van der Waals surface area contributed by atoms with E-state index in [0.717, 1.165) is 16.2 Å². The first-order chi connectivity index (χ1) is 36.8. The van der Waals surface area contributed by atoms with Crippen molar-refractivity contribution in [3.8, 4) is 23.0 Å². The smallest absolute Gasteiger partial charge is 0.412 e. The minimum Gasteiger partial charge on any atom is -0.493 e. The number of amides is 5. The Hall–Kier alpha value is -7.37. The van der Waals surface area contributed by atoms with Crippen molar-refractivity contribution in [3.05, 3.63) is 109 Å². The quantitative estimate of drug-likeness (QED) is 0.0191. The van der Waals surface area contributed by atoms with Crippen LogP contribution in [-0.2, 0) is 23.8 Å². The molecule has 0 saturated carbocycles. The second-order valence-electron chi connectivity index (χ2n) is 17.4. The zero-order valence-corrected chi connectivity index (χ0v) is 44.8. The first kappa shape index (κ1) is 57.9. The standard InChI is InChI=1S/C53H65N7O14S2/c1-9-19-72-51(63)56-41-29-46(44(67-7)27-39(41)49(62)60-32-35(4)25-42(60)50-58(18-23-71-50)53(65)73-20-10-2)70-22-15-11-14-21-69-45-28-40(57-52(64)74-33-36(5)75-76-47-16-12-13-17-54-47)38(26-43(45)66-6)48(61)59-31-34(3)24-37(59)30-55-68-8/h9-10,12-13,16-17,26-30,36-37,42,50H,1-4,11,14-15,18-25,31-33H2,5-8H3,(H,56,63)(H,57,64)/b55-30+/t36?,37-,42-,50?/m0/s1. The largest absolute Gasteiger partial charge is 0.493 e. The van der Waals surface area contributed by atoms with Crippen molar-refractivity contribution in [2.45, 2.75) is 67.6 Å². The maximum atomic E-state index is 14.5. The van der Waals surface area contributed by atoms with Gasteiger partial charge in [0.1, 0.15) is 32.0 Å². The molecule has 4 heterocycles. The highest BCUT2D eigenvalue weighted by Crippen LogP contribution is 2.39. The van der Waals surface area contributed by atoms with Gasteiger partial charge in [-0.2, -0.15) is 0 Å². The third kappa shape index (κ3) is 15.8. The van der Waals surface area contributed by atoms with Crippen LogP contribution in [0.1, 0.15) is 59.7 Å². The van der Waals surface area contributed by atoms with Gasteiger partial charge in [0.05, 0.1) is 81.4 Å². The van der Waals surface area contributed by atoms with E-state index in [9.17, 15) is 24.0 Å². The van der Waals surface area contributed by atoms with Gasteiger partial charge in [0.25, 0.3) is 11.8 Å². The highest BCUT2D eigenvalue weighted by Gasteiger charge is 2.45. The van der Waals surface area contributed by atoms with Crippen molar-refractivity contribution in [2.75, 3.05) is 91.2 Å². The summed E-state index contributed by atoms with van der Waals surface area (Å²) in [6.45, 7) is 18.7. The summed E-state index contributed by atoms with van der Waals surface area (Å²) in [5, 5.41) is 10.0. The lowest BCUT2D eigenvalue weighted by Crippen LogP contribution is -2.50. The number of nitrogens with zero attached hydrogens (tertiary/aromatic N) is 5. The molecule has 5 amide bonds. The number of nitrogens with one attached hydrogen (secondary N) is 2. The van der Waals surface area contributed by atoms with Crippen LogP contribution >= 0.6 is 21.6 Å². The van der Waals surface area contributed by atoms with Crippen LogP contribution < -0.4 is 29.6 Å². The summed E-state index contributed by atoms with van der Waals surface area (Å²) in [4.78, 5) is 81.8. The van der Waals surface area contributed by atoms with Gasteiger partial charge in [-0.1, -0.05) is 71.6 Å². The summed E-state index contributed by atoms with van der Waals surface area (Å²) in [5.74, 6) is 0.113. The molecule has 1 aromatic heterocycles. The number of unbranched alkanes of at least 4 members (excludes halogenated alkanes) is 2. The summed E-state index contributed by atoms with van der Waals surface area (Å²) in [7, 11) is 7.28. The maximum absolute atomic E-state index is 14.5. The number of benzene rings is 2. The van der Waals surface area contributed by atoms with Gasteiger partial charge in [-0.25, -0.2) is 19.4 Å². The third-order valence-corrected chi connectivity index (χ3v) is 14.6. The number of carbonyl (C=O) groups excluding carboxylic acids is 5. The molecule has 408 valence electrons. The van der Waals surface area contributed by atoms with E-state index >= 15 is 0 Å². The van der Waals surface area contributed by atoms with Crippen molar-refractivity contribution in [1.29, 1.82) is 0 Å². The Morgan fingerprint density at radius 2 is 1.39 bits per heavy atom.